The highest BCUT2D eigenvalue weighted by atomic mass is 19.1. The minimum Gasteiger partial charge on any atom is -0.492 e. The quantitative estimate of drug-likeness (QED) is 0.908. The second-order valence-electron chi connectivity index (χ2n) is 5.25. The zero-order valence-electron chi connectivity index (χ0n) is 12.0. The van der Waals surface area contributed by atoms with Gasteiger partial charge in [0.15, 0.2) is 0 Å². The Morgan fingerprint density at radius 2 is 2.14 bits per heavy atom. The van der Waals surface area contributed by atoms with Crippen LogP contribution in [0.5, 0.6) is 5.75 Å². The Morgan fingerprint density at radius 1 is 1.32 bits per heavy atom. The van der Waals surface area contributed by atoms with Crippen LogP contribution in [0, 0.1) is 5.82 Å². The van der Waals surface area contributed by atoms with Crippen LogP contribution >= 0.6 is 0 Å². The number of hydrogen-bond acceptors (Lipinski definition) is 3. The van der Waals surface area contributed by atoms with E-state index in [9.17, 15) is 9.18 Å². The highest BCUT2D eigenvalue weighted by Gasteiger charge is 2.29. The number of halogens is 1. The fraction of sp³-hybridized carbons (Fsp3) is 0.235. The molecule has 0 bridgehead atoms. The predicted molar refractivity (Wildman–Crippen MR) is 80.8 cm³/mol. The van der Waals surface area contributed by atoms with Crippen LogP contribution in [-0.2, 0) is 17.9 Å². The third kappa shape index (κ3) is 2.80. The van der Waals surface area contributed by atoms with E-state index < -0.39 is 0 Å². The Hall–Kier alpha value is -2.40. The lowest BCUT2D eigenvalue weighted by molar-refractivity contribution is -0.122. The van der Waals surface area contributed by atoms with E-state index in [4.69, 9.17) is 10.5 Å². The first-order valence-corrected chi connectivity index (χ1v) is 7.16. The lowest BCUT2D eigenvalue weighted by atomic mass is 10.0. The number of fused-ring (bicyclic) bond motifs is 1. The molecule has 2 aromatic carbocycles. The lowest BCUT2D eigenvalue weighted by Gasteiger charge is -2.11. The highest BCUT2D eigenvalue weighted by molar-refractivity contribution is 5.85. The molecule has 0 spiro atoms. The van der Waals surface area contributed by atoms with Crippen LogP contribution in [0.15, 0.2) is 42.5 Å². The van der Waals surface area contributed by atoms with Gasteiger partial charge in [-0.1, -0.05) is 30.3 Å². The summed E-state index contributed by atoms with van der Waals surface area (Å²) in [6, 6.07) is 12.3. The van der Waals surface area contributed by atoms with E-state index in [1.165, 1.54) is 6.07 Å². The molecule has 1 aliphatic heterocycles. The minimum atomic E-state index is -0.355. The van der Waals surface area contributed by atoms with Gasteiger partial charge in [0, 0.05) is 24.2 Å². The van der Waals surface area contributed by atoms with Crippen LogP contribution in [-0.4, -0.2) is 12.5 Å². The number of nitrogens with two attached hydrogens (primary N) is 1. The van der Waals surface area contributed by atoms with Gasteiger partial charge in [0.2, 0.25) is 5.91 Å². The van der Waals surface area contributed by atoms with Gasteiger partial charge in [-0.05, 0) is 17.7 Å². The summed E-state index contributed by atoms with van der Waals surface area (Å²) in [5, 5.41) is 2.77. The van der Waals surface area contributed by atoms with Crippen molar-refractivity contribution in [2.45, 2.75) is 19.0 Å². The molecule has 1 amide bonds. The van der Waals surface area contributed by atoms with E-state index in [2.05, 4.69) is 5.32 Å². The van der Waals surface area contributed by atoms with Crippen molar-refractivity contribution >= 4 is 5.91 Å². The number of carbonyl (C=O) groups excluding carboxylic acids is 1. The molecule has 3 N–H and O–H groups in total. The third-order valence-corrected chi connectivity index (χ3v) is 3.82. The van der Waals surface area contributed by atoms with Crippen LogP contribution in [0.1, 0.15) is 22.6 Å². The molecular formula is C17H17FN2O2. The number of para-hydroxylation sites is 1. The topological polar surface area (TPSA) is 64.3 Å². The molecular weight excluding hydrogens is 283 g/mol. The average molecular weight is 300 g/mol. The van der Waals surface area contributed by atoms with Crippen LogP contribution in [0.2, 0.25) is 0 Å². The van der Waals surface area contributed by atoms with E-state index in [1.807, 2.05) is 24.3 Å². The Kier molecular flexibility index (Phi) is 4.06. The molecule has 3 rings (SSSR count). The molecule has 4 nitrogen and oxygen atoms in total. The van der Waals surface area contributed by atoms with Crippen molar-refractivity contribution in [1.29, 1.82) is 0 Å². The van der Waals surface area contributed by atoms with Gasteiger partial charge in [-0.15, -0.1) is 0 Å². The normalized spacial score (nSPS) is 16.0. The summed E-state index contributed by atoms with van der Waals surface area (Å²) in [4.78, 5) is 12.3. The van der Waals surface area contributed by atoms with Gasteiger partial charge < -0.3 is 15.8 Å². The minimum absolute atomic E-state index is 0.147. The van der Waals surface area contributed by atoms with E-state index in [0.717, 1.165) is 16.9 Å². The van der Waals surface area contributed by atoms with E-state index in [0.29, 0.717) is 18.7 Å². The maximum Gasteiger partial charge on any atom is 0.231 e. The van der Waals surface area contributed by atoms with Gasteiger partial charge in [0.25, 0.3) is 0 Å². The summed E-state index contributed by atoms with van der Waals surface area (Å²) in [7, 11) is 0. The largest absolute Gasteiger partial charge is 0.492 e. The average Bonchev–Trinajstić information content (AvgIpc) is 2.97. The number of ether oxygens (including phenoxy) is 1. The molecule has 0 aromatic heterocycles. The first-order valence-electron chi connectivity index (χ1n) is 7.16. The van der Waals surface area contributed by atoms with Gasteiger partial charge >= 0.3 is 0 Å². The molecule has 0 saturated heterocycles. The van der Waals surface area contributed by atoms with Crippen molar-refractivity contribution in [3.05, 3.63) is 65.0 Å². The van der Waals surface area contributed by atoms with Gasteiger partial charge in [0.1, 0.15) is 24.1 Å². The van der Waals surface area contributed by atoms with Gasteiger partial charge in [-0.2, -0.15) is 0 Å². The molecule has 22 heavy (non-hydrogen) atoms. The standard InChI is InChI=1S/C17H17FN2O2/c18-15-7-11(8-19)5-6-12(15)9-20-17(21)14-10-22-16-4-2-1-3-13(14)16/h1-7,14H,8-10,19H2,(H,20,21). The van der Waals surface area contributed by atoms with E-state index in [-0.39, 0.29) is 24.2 Å². The molecule has 1 atom stereocenters. The lowest BCUT2D eigenvalue weighted by Crippen LogP contribution is -2.30. The smallest absolute Gasteiger partial charge is 0.231 e. The van der Waals surface area contributed by atoms with Crippen molar-refractivity contribution in [2.24, 2.45) is 5.73 Å². The fourth-order valence-corrected chi connectivity index (χ4v) is 2.55. The molecule has 0 radical (unpaired) electrons. The maximum absolute atomic E-state index is 13.9. The van der Waals surface area contributed by atoms with Crippen LogP contribution < -0.4 is 15.8 Å². The summed E-state index contributed by atoms with van der Waals surface area (Å²) in [5.41, 5.74) is 7.51. The van der Waals surface area contributed by atoms with Crippen molar-refractivity contribution < 1.29 is 13.9 Å². The second kappa shape index (κ2) is 6.15. The summed E-state index contributed by atoms with van der Waals surface area (Å²) in [6.07, 6.45) is 0. The number of carbonyl (C=O) groups is 1. The molecule has 0 saturated carbocycles. The molecule has 2 aromatic rings. The van der Waals surface area contributed by atoms with Crippen LogP contribution in [0.25, 0.3) is 0 Å². The number of rotatable bonds is 4. The Bertz CT molecular complexity index is 703. The van der Waals surface area contributed by atoms with Crippen LogP contribution in [0.3, 0.4) is 0 Å². The highest BCUT2D eigenvalue weighted by Crippen LogP contribution is 2.33. The Labute approximate surface area is 128 Å². The molecule has 1 aliphatic rings. The summed E-state index contributed by atoms with van der Waals surface area (Å²) in [5.74, 6) is -0.123. The summed E-state index contributed by atoms with van der Waals surface area (Å²) < 4.78 is 19.4. The second-order valence-corrected chi connectivity index (χ2v) is 5.25. The Balaban J connectivity index is 1.66. The first kappa shape index (κ1) is 14.5. The van der Waals surface area contributed by atoms with E-state index in [1.54, 1.807) is 12.1 Å². The summed E-state index contributed by atoms with van der Waals surface area (Å²) >= 11 is 0. The fourth-order valence-electron chi connectivity index (χ4n) is 2.55. The number of amides is 1. The van der Waals surface area contributed by atoms with Gasteiger partial charge in [-0.25, -0.2) is 4.39 Å². The van der Waals surface area contributed by atoms with E-state index >= 15 is 0 Å². The molecule has 0 aliphatic carbocycles. The summed E-state index contributed by atoms with van der Waals surface area (Å²) in [6.45, 7) is 0.758. The molecule has 1 heterocycles. The predicted octanol–water partition coefficient (Wildman–Crippen LogP) is 2.08. The molecule has 1 unspecified atom stereocenters. The van der Waals surface area contributed by atoms with Crippen molar-refractivity contribution in [1.82, 2.24) is 5.32 Å². The van der Waals surface area contributed by atoms with Gasteiger partial charge in [0.05, 0.1) is 0 Å². The molecule has 114 valence electrons. The third-order valence-electron chi connectivity index (χ3n) is 3.82. The molecule has 5 heteroatoms. The Morgan fingerprint density at radius 3 is 2.91 bits per heavy atom. The van der Waals surface area contributed by atoms with Gasteiger partial charge in [-0.3, -0.25) is 4.79 Å². The number of hydrogen-bond donors (Lipinski definition) is 2. The zero-order valence-corrected chi connectivity index (χ0v) is 12.0. The zero-order chi connectivity index (χ0) is 15.5. The van der Waals surface area contributed by atoms with Crippen molar-refractivity contribution in [2.75, 3.05) is 6.61 Å². The number of benzene rings is 2. The number of nitrogens with one attached hydrogen (secondary N) is 1. The van der Waals surface area contributed by atoms with Crippen LogP contribution in [0.4, 0.5) is 4.39 Å². The van der Waals surface area contributed by atoms with Crippen molar-refractivity contribution in [3.63, 3.8) is 0 Å². The maximum atomic E-state index is 13.9. The van der Waals surface area contributed by atoms with Crippen molar-refractivity contribution in [3.8, 4) is 5.75 Å². The SMILES string of the molecule is NCc1ccc(CNC(=O)C2COc3ccccc32)c(F)c1. The molecule has 0 fully saturated rings. The monoisotopic (exact) mass is 300 g/mol. The first-order chi connectivity index (χ1) is 10.7.